The van der Waals surface area contributed by atoms with E-state index in [1.165, 1.54) is 148 Å². The lowest BCUT2D eigenvalue weighted by molar-refractivity contribution is -0.332. The van der Waals surface area contributed by atoms with Crippen molar-refractivity contribution in [1.29, 1.82) is 0 Å². The molecular formula is C50H96O14. The summed E-state index contributed by atoms with van der Waals surface area (Å²) in [6.45, 7) is 3.73. The molecule has 0 radical (unpaired) electrons. The molecule has 2 rings (SSSR count). The van der Waals surface area contributed by atoms with Crippen molar-refractivity contribution in [2.45, 2.75) is 280 Å². The normalized spacial score (nSPS) is 26.6. The minimum Gasteiger partial charge on any atom is -0.457 e. The monoisotopic (exact) mass is 921 g/mol. The van der Waals surface area contributed by atoms with Gasteiger partial charge in [-0.05, 0) is 12.8 Å². The van der Waals surface area contributed by atoms with Gasteiger partial charge in [-0.1, -0.05) is 194 Å². The summed E-state index contributed by atoms with van der Waals surface area (Å²) < 4.78 is 34.3. The summed E-state index contributed by atoms with van der Waals surface area (Å²) >= 11 is 0. The molecule has 11 atom stereocenters. The van der Waals surface area contributed by atoms with E-state index >= 15 is 0 Å². The van der Waals surface area contributed by atoms with Crippen LogP contribution in [0.25, 0.3) is 0 Å². The first-order chi connectivity index (χ1) is 31.1. The molecule has 2 aliphatic heterocycles. The van der Waals surface area contributed by atoms with E-state index in [4.69, 9.17) is 28.4 Å². The number of hydrogen-bond donors (Lipinski definition) is 7. The molecule has 0 aromatic rings. The van der Waals surface area contributed by atoms with E-state index < -0.39 is 80.7 Å². The summed E-state index contributed by atoms with van der Waals surface area (Å²) in [7, 11) is 0. The molecule has 0 spiro atoms. The molecule has 11 unspecified atom stereocenters. The van der Waals surface area contributed by atoms with Crippen molar-refractivity contribution in [2.24, 2.45) is 0 Å². The quantitative estimate of drug-likeness (QED) is 0.0231. The first-order valence-electron chi connectivity index (χ1n) is 26.1. The van der Waals surface area contributed by atoms with Gasteiger partial charge < -0.3 is 64.2 Å². The Labute approximate surface area is 387 Å². The predicted molar refractivity (Wildman–Crippen MR) is 248 cm³/mol. The van der Waals surface area contributed by atoms with Gasteiger partial charge in [0.15, 0.2) is 12.6 Å². The average Bonchev–Trinajstić information content (AvgIpc) is 3.29. The maximum atomic E-state index is 13.0. The molecule has 64 heavy (non-hydrogen) atoms. The number of rotatable bonds is 42. The van der Waals surface area contributed by atoms with Crippen LogP contribution in [0.4, 0.5) is 0 Å². The number of hydrogen-bond acceptors (Lipinski definition) is 14. The van der Waals surface area contributed by atoms with Gasteiger partial charge in [-0.15, -0.1) is 0 Å². The number of carbonyl (C=O) groups excluding carboxylic acids is 1. The second-order valence-electron chi connectivity index (χ2n) is 18.7. The van der Waals surface area contributed by atoms with Gasteiger partial charge in [0, 0.05) is 13.0 Å². The Morgan fingerprint density at radius 1 is 0.453 bits per heavy atom. The van der Waals surface area contributed by atoms with E-state index in [9.17, 15) is 40.5 Å². The largest absolute Gasteiger partial charge is 0.457 e. The molecule has 14 nitrogen and oxygen atoms in total. The molecular weight excluding hydrogens is 825 g/mol. The maximum absolute atomic E-state index is 13.0. The second-order valence-corrected chi connectivity index (χ2v) is 18.7. The highest BCUT2D eigenvalue weighted by Gasteiger charge is 2.47. The van der Waals surface area contributed by atoms with Crippen LogP contribution < -0.4 is 0 Å². The summed E-state index contributed by atoms with van der Waals surface area (Å²) in [6.07, 6.45) is 21.6. The molecule has 0 aromatic heterocycles. The highest BCUT2D eigenvalue weighted by Crippen LogP contribution is 2.26. The summed E-state index contributed by atoms with van der Waals surface area (Å²) in [5.41, 5.74) is 0. The zero-order valence-corrected chi connectivity index (χ0v) is 40.3. The molecule has 0 saturated carbocycles. The zero-order valence-electron chi connectivity index (χ0n) is 40.3. The molecule has 0 amide bonds. The first-order valence-corrected chi connectivity index (χ1v) is 26.1. The molecule has 7 N–H and O–H groups in total. The van der Waals surface area contributed by atoms with Crippen LogP contribution in [0.15, 0.2) is 0 Å². The zero-order chi connectivity index (χ0) is 46.6. The van der Waals surface area contributed by atoms with Gasteiger partial charge in [-0.25, -0.2) is 0 Å². The average molecular weight is 921 g/mol. The van der Waals surface area contributed by atoms with Gasteiger partial charge in [-0.2, -0.15) is 0 Å². The fraction of sp³-hybridized carbons (Fsp3) is 0.980. The third-order valence-corrected chi connectivity index (χ3v) is 12.9. The van der Waals surface area contributed by atoms with Crippen LogP contribution in [0.1, 0.15) is 213 Å². The van der Waals surface area contributed by atoms with Crippen molar-refractivity contribution >= 4 is 5.97 Å². The lowest BCUT2D eigenvalue weighted by Crippen LogP contribution is -2.61. The molecule has 0 aliphatic carbocycles. The molecule has 0 bridgehead atoms. The van der Waals surface area contributed by atoms with Gasteiger partial charge in [0.05, 0.1) is 26.4 Å². The van der Waals surface area contributed by atoms with E-state index in [0.29, 0.717) is 6.61 Å². The van der Waals surface area contributed by atoms with Crippen LogP contribution >= 0.6 is 0 Å². The third kappa shape index (κ3) is 26.5. The highest BCUT2D eigenvalue weighted by molar-refractivity contribution is 5.69. The molecule has 2 aliphatic rings. The molecule has 2 saturated heterocycles. The Bertz CT molecular complexity index is 1070. The molecule has 380 valence electrons. The lowest BCUT2D eigenvalue weighted by Gasteiger charge is -2.42. The molecule has 14 heteroatoms. The molecule has 2 heterocycles. The Hall–Kier alpha value is -1.01. The van der Waals surface area contributed by atoms with Crippen LogP contribution in [-0.4, -0.2) is 142 Å². The maximum Gasteiger partial charge on any atom is 0.306 e. The van der Waals surface area contributed by atoms with Crippen LogP contribution in [0.3, 0.4) is 0 Å². The van der Waals surface area contributed by atoms with Crippen molar-refractivity contribution < 1.29 is 69.0 Å². The van der Waals surface area contributed by atoms with Gasteiger partial charge in [-0.3, -0.25) is 4.79 Å². The lowest BCUT2D eigenvalue weighted by atomic mass is 9.98. The number of unbranched alkanes of at least 4 members (excludes halogenated alkanes) is 28. The van der Waals surface area contributed by atoms with Crippen molar-refractivity contribution in [3.63, 3.8) is 0 Å². The van der Waals surface area contributed by atoms with Crippen molar-refractivity contribution in [2.75, 3.05) is 33.0 Å². The Balaban J connectivity index is 1.74. The predicted octanol–water partition coefficient (Wildman–Crippen LogP) is 7.69. The van der Waals surface area contributed by atoms with E-state index in [0.717, 1.165) is 44.9 Å². The van der Waals surface area contributed by atoms with Gasteiger partial charge in [0.25, 0.3) is 0 Å². The van der Waals surface area contributed by atoms with E-state index in [1.54, 1.807) is 0 Å². The fourth-order valence-corrected chi connectivity index (χ4v) is 8.58. The first kappa shape index (κ1) is 59.1. The Morgan fingerprint density at radius 2 is 0.828 bits per heavy atom. The van der Waals surface area contributed by atoms with Gasteiger partial charge in [0.2, 0.25) is 0 Å². The topological polar surface area (TPSA) is 214 Å². The van der Waals surface area contributed by atoms with Gasteiger partial charge in [0.1, 0.15) is 54.9 Å². The third-order valence-electron chi connectivity index (χ3n) is 12.9. The Morgan fingerprint density at radius 3 is 1.27 bits per heavy atom. The second kappa shape index (κ2) is 38.9. The van der Waals surface area contributed by atoms with Crippen molar-refractivity contribution in [1.82, 2.24) is 0 Å². The fourth-order valence-electron chi connectivity index (χ4n) is 8.58. The smallest absolute Gasteiger partial charge is 0.306 e. The van der Waals surface area contributed by atoms with E-state index in [2.05, 4.69) is 13.8 Å². The number of esters is 1. The van der Waals surface area contributed by atoms with Crippen LogP contribution in [0.2, 0.25) is 0 Å². The Kier molecular flexibility index (Phi) is 35.9. The summed E-state index contributed by atoms with van der Waals surface area (Å²) in [5.74, 6) is -0.370. The standard InChI is InChI=1S/C50H96O14/c1-3-5-7-9-11-13-15-17-18-19-20-21-22-23-25-27-29-31-33-42(52)62-39(36-59-34-32-30-28-26-24-16-14-12-10-8-6-4-2)37-60-49-48(58)46(56)44(54)41(64-49)38-61-50-47(57)45(55)43(53)40(35-51)63-50/h39-41,43-51,53-58H,3-38H2,1-2H3. The number of carbonyl (C=O) groups is 1. The van der Waals surface area contributed by atoms with Crippen molar-refractivity contribution in [3.8, 4) is 0 Å². The van der Waals surface area contributed by atoms with Gasteiger partial charge >= 0.3 is 5.97 Å². The number of aliphatic hydroxyl groups is 7. The molecule has 0 aromatic carbocycles. The highest BCUT2D eigenvalue weighted by atomic mass is 16.7. The van der Waals surface area contributed by atoms with E-state index in [1.807, 2.05) is 0 Å². The summed E-state index contributed by atoms with van der Waals surface area (Å²) in [4.78, 5) is 13.0. The van der Waals surface area contributed by atoms with E-state index in [-0.39, 0.29) is 25.6 Å². The van der Waals surface area contributed by atoms with Crippen LogP contribution in [0, 0.1) is 0 Å². The van der Waals surface area contributed by atoms with Crippen LogP contribution in [0.5, 0.6) is 0 Å². The number of aliphatic hydroxyl groups excluding tert-OH is 7. The summed E-state index contributed by atoms with van der Waals surface area (Å²) in [5, 5.41) is 72.1. The van der Waals surface area contributed by atoms with Crippen molar-refractivity contribution in [3.05, 3.63) is 0 Å². The minimum atomic E-state index is -1.70. The van der Waals surface area contributed by atoms with Crippen LogP contribution in [-0.2, 0) is 33.2 Å². The molecule has 2 fully saturated rings. The number of ether oxygens (including phenoxy) is 6. The SMILES string of the molecule is CCCCCCCCCCCCCCCCCCCCC(=O)OC(COCCCCCCCCCCCCCC)COC1OC(COC2OC(CO)C(O)C(O)C2O)C(O)C(O)C1O. The summed E-state index contributed by atoms with van der Waals surface area (Å²) in [6, 6.07) is 0. The minimum absolute atomic E-state index is 0.0700.